The molecule has 2 aromatic rings. The molecule has 0 heterocycles. The summed E-state index contributed by atoms with van der Waals surface area (Å²) < 4.78 is 0. The first-order valence-electron chi connectivity index (χ1n) is 6.20. The van der Waals surface area contributed by atoms with Crippen molar-refractivity contribution in [1.29, 1.82) is 0 Å². The number of hydrogen-bond donors (Lipinski definition) is 1. The van der Waals surface area contributed by atoms with Crippen LogP contribution in [0.15, 0.2) is 53.4 Å². The highest BCUT2D eigenvalue weighted by Gasteiger charge is 2.00. The molecule has 0 radical (unpaired) electrons. The van der Waals surface area contributed by atoms with E-state index < -0.39 is 0 Å². The van der Waals surface area contributed by atoms with Gasteiger partial charge in [0.2, 0.25) is 0 Å². The van der Waals surface area contributed by atoms with Crippen LogP contribution in [0.3, 0.4) is 0 Å². The van der Waals surface area contributed by atoms with Gasteiger partial charge in [0.05, 0.1) is 0 Å². The van der Waals surface area contributed by atoms with Crippen molar-refractivity contribution >= 4 is 11.8 Å². The van der Waals surface area contributed by atoms with Gasteiger partial charge in [-0.1, -0.05) is 36.4 Å². The molecule has 0 atom stereocenters. The molecule has 0 amide bonds. The van der Waals surface area contributed by atoms with Crippen molar-refractivity contribution in [2.24, 2.45) is 0 Å². The van der Waals surface area contributed by atoms with Gasteiger partial charge in [-0.05, 0) is 42.8 Å². The Morgan fingerprint density at radius 3 is 2.50 bits per heavy atom. The maximum Gasteiger partial charge on any atom is 0.0231 e. The number of rotatable bonds is 5. The monoisotopic (exact) mass is 257 g/mol. The van der Waals surface area contributed by atoms with E-state index in [9.17, 15) is 0 Å². The first-order chi connectivity index (χ1) is 8.79. The van der Waals surface area contributed by atoms with Crippen molar-refractivity contribution in [1.82, 2.24) is 5.32 Å². The largest absolute Gasteiger partial charge is 0.316 e. The summed E-state index contributed by atoms with van der Waals surface area (Å²) in [7, 11) is 1.98. The predicted octanol–water partition coefficient (Wildman–Crippen LogP) is 4.01. The van der Waals surface area contributed by atoms with Gasteiger partial charge in [0.15, 0.2) is 0 Å². The lowest BCUT2D eigenvalue weighted by atomic mass is 10.1. The number of aryl methyl sites for hydroxylation is 1. The van der Waals surface area contributed by atoms with E-state index in [1.807, 2.05) is 18.8 Å². The molecule has 0 unspecified atom stereocenters. The van der Waals surface area contributed by atoms with Crippen molar-refractivity contribution in [2.45, 2.75) is 24.1 Å². The van der Waals surface area contributed by atoms with Gasteiger partial charge in [-0.15, -0.1) is 11.8 Å². The van der Waals surface area contributed by atoms with Crippen molar-refractivity contribution in [3.63, 3.8) is 0 Å². The molecule has 0 aliphatic heterocycles. The van der Waals surface area contributed by atoms with Crippen LogP contribution in [0.25, 0.3) is 0 Å². The van der Waals surface area contributed by atoms with Gasteiger partial charge in [-0.3, -0.25) is 0 Å². The SMILES string of the molecule is CNCc1ccc(SCc2ccccc2)cc1C. The Kier molecular flexibility index (Phi) is 4.85. The molecule has 0 saturated heterocycles. The van der Waals surface area contributed by atoms with Crippen LogP contribution in [0.1, 0.15) is 16.7 Å². The number of hydrogen-bond acceptors (Lipinski definition) is 2. The molecule has 1 N–H and O–H groups in total. The quantitative estimate of drug-likeness (QED) is 0.812. The Morgan fingerprint density at radius 2 is 1.83 bits per heavy atom. The van der Waals surface area contributed by atoms with Crippen LogP contribution in [0.2, 0.25) is 0 Å². The lowest BCUT2D eigenvalue weighted by Crippen LogP contribution is -2.06. The topological polar surface area (TPSA) is 12.0 Å². The van der Waals surface area contributed by atoms with Crippen LogP contribution >= 0.6 is 11.8 Å². The minimum Gasteiger partial charge on any atom is -0.316 e. The highest BCUT2D eigenvalue weighted by Crippen LogP contribution is 2.24. The fourth-order valence-corrected chi connectivity index (χ4v) is 2.84. The van der Waals surface area contributed by atoms with Gasteiger partial charge in [0.25, 0.3) is 0 Å². The fourth-order valence-electron chi connectivity index (χ4n) is 1.89. The van der Waals surface area contributed by atoms with Gasteiger partial charge in [-0.25, -0.2) is 0 Å². The maximum absolute atomic E-state index is 3.20. The second kappa shape index (κ2) is 6.62. The van der Waals surface area contributed by atoms with Gasteiger partial charge in [-0.2, -0.15) is 0 Å². The van der Waals surface area contributed by atoms with Gasteiger partial charge in [0.1, 0.15) is 0 Å². The summed E-state index contributed by atoms with van der Waals surface area (Å²) in [4.78, 5) is 1.34. The van der Waals surface area contributed by atoms with Crippen molar-refractivity contribution in [2.75, 3.05) is 7.05 Å². The van der Waals surface area contributed by atoms with E-state index in [1.165, 1.54) is 21.6 Å². The average molecular weight is 257 g/mol. The molecule has 0 aliphatic carbocycles. The van der Waals surface area contributed by atoms with Crippen LogP contribution in [0.4, 0.5) is 0 Å². The summed E-state index contributed by atoms with van der Waals surface area (Å²) in [6.07, 6.45) is 0. The number of benzene rings is 2. The summed E-state index contributed by atoms with van der Waals surface area (Å²) in [6.45, 7) is 3.12. The van der Waals surface area contributed by atoms with Gasteiger partial charge in [0, 0.05) is 17.2 Å². The Morgan fingerprint density at radius 1 is 1.06 bits per heavy atom. The summed E-state index contributed by atoms with van der Waals surface area (Å²) in [5.41, 5.74) is 4.11. The highest BCUT2D eigenvalue weighted by molar-refractivity contribution is 7.98. The van der Waals surface area contributed by atoms with Crippen LogP contribution in [0.5, 0.6) is 0 Å². The molecule has 0 saturated carbocycles. The zero-order chi connectivity index (χ0) is 12.8. The second-order valence-corrected chi connectivity index (χ2v) is 5.44. The van der Waals surface area contributed by atoms with Gasteiger partial charge >= 0.3 is 0 Å². The van der Waals surface area contributed by atoms with E-state index >= 15 is 0 Å². The highest BCUT2D eigenvalue weighted by atomic mass is 32.2. The average Bonchev–Trinajstić information content (AvgIpc) is 2.41. The Balaban J connectivity index is 2.00. The maximum atomic E-state index is 3.20. The summed E-state index contributed by atoms with van der Waals surface area (Å²) in [6, 6.07) is 17.3. The van der Waals surface area contributed by atoms with E-state index in [2.05, 4.69) is 60.8 Å². The Bertz CT molecular complexity index is 494. The van der Waals surface area contributed by atoms with Gasteiger partial charge < -0.3 is 5.32 Å². The van der Waals surface area contributed by atoms with Crippen LogP contribution in [-0.4, -0.2) is 7.05 Å². The third-order valence-electron chi connectivity index (χ3n) is 2.93. The van der Waals surface area contributed by atoms with E-state index in [0.717, 1.165) is 12.3 Å². The third kappa shape index (κ3) is 3.62. The lowest BCUT2D eigenvalue weighted by molar-refractivity contribution is 0.811. The summed E-state index contributed by atoms with van der Waals surface area (Å²) in [5, 5.41) is 3.20. The molecule has 1 nitrogen and oxygen atoms in total. The summed E-state index contributed by atoms with van der Waals surface area (Å²) in [5.74, 6) is 1.03. The summed E-state index contributed by atoms with van der Waals surface area (Å²) >= 11 is 1.89. The molecule has 0 fully saturated rings. The molecule has 2 aromatic carbocycles. The van der Waals surface area contributed by atoms with E-state index in [1.54, 1.807) is 0 Å². The number of nitrogens with one attached hydrogen (secondary N) is 1. The smallest absolute Gasteiger partial charge is 0.0231 e. The van der Waals surface area contributed by atoms with Crippen LogP contribution < -0.4 is 5.32 Å². The van der Waals surface area contributed by atoms with Crippen molar-refractivity contribution < 1.29 is 0 Å². The molecule has 2 heteroatoms. The second-order valence-electron chi connectivity index (χ2n) is 4.39. The number of thioether (sulfide) groups is 1. The zero-order valence-electron chi connectivity index (χ0n) is 10.9. The minimum absolute atomic E-state index is 0.940. The molecule has 2 rings (SSSR count). The molecule has 0 spiro atoms. The third-order valence-corrected chi connectivity index (χ3v) is 3.99. The standard InChI is InChI=1S/C16H19NS/c1-13-10-16(9-8-15(13)11-17-2)18-12-14-6-4-3-5-7-14/h3-10,17H,11-12H2,1-2H3. The van der Waals surface area contributed by atoms with Crippen molar-refractivity contribution in [3.05, 3.63) is 65.2 Å². The van der Waals surface area contributed by atoms with Crippen LogP contribution in [-0.2, 0) is 12.3 Å². The van der Waals surface area contributed by atoms with E-state index in [-0.39, 0.29) is 0 Å². The lowest BCUT2D eigenvalue weighted by Gasteiger charge is -2.08. The Hall–Kier alpha value is -1.25. The molecular weight excluding hydrogens is 238 g/mol. The molecular formula is C16H19NS. The zero-order valence-corrected chi connectivity index (χ0v) is 11.8. The molecule has 0 aromatic heterocycles. The molecule has 94 valence electrons. The minimum atomic E-state index is 0.940. The Labute approximate surface area is 114 Å². The molecule has 0 aliphatic rings. The van der Waals surface area contributed by atoms with E-state index in [0.29, 0.717) is 0 Å². The van der Waals surface area contributed by atoms with E-state index in [4.69, 9.17) is 0 Å². The molecule has 0 bridgehead atoms. The first-order valence-corrected chi connectivity index (χ1v) is 7.19. The normalized spacial score (nSPS) is 10.6. The van der Waals surface area contributed by atoms with Crippen molar-refractivity contribution in [3.8, 4) is 0 Å². The predicted molar refractivity (Wildman–Crippen MR) is 79.9 cm³/mol. The molecule has 18 heavy (non-hydrogen) atoms. The van der Waals surface area contributed by atoms with Crippen LogP contribution in [0, 0.1) is 6.92 Å². The first kappa shape index (κ1) is 13.2. The fraction of sp³-hybridized carbons (Fsp3) is 0.250.